The van der Waals surface area contributed by atoms with Gasteiger partial charge in [-0.1, -0.05) is 12.1 Å². The Labute approximate surface area is 123 Å². The molecule has 2 atom stereocenters. The fourth-order valence-corrected chi connectivity index (χ4v) is 2.35. The van der Waals surface area contributed by atoms with Crippen LogP contribution in [-0.2, 0) is 9.53 Å². The molecule has 0 radical (unpaired) electrons. The maximum Gasteiger partial charge on any atom is 0.341 e. The first kappa shape index (κ1) is 15.0. The zero-order valence-electron chi connectivity index (χ0n) is 12.3. The maximum absolute atomic E-state index is 12.1. The molecule has 0 saturated carbocycles. The molecule has 2 unspecified atom stereocenters. The van der Waals surface area contributed by atoms with Gasteiger partial charge in [0.15, 0.2) is 0 Å². The monoisotopic (exact) mass is 290 g/mol. The Morgan fingerprint density at radius 1 is 1.33 bits per heavy atom. The highest BCUT2D eigenvalue weighted by Gasteiger charge is 2.37. The number of rotatable bonds is 4. The van der Waals surface area contributed by atoms with Gasteiger partial charge in [-0.3, -0.25) is 4.79 Å². The molecule has 112 valence electrons. The summed E-state index contributed by atoms with van der Waals surface area (Å²) in [6, 6.07) is 6.26. The van der Waals surface area contributed by atoms with E-state index in [0.717, 1.165) is 5.56 Å². The number of nitrogens with one attached hydrogen (secondary N) is 1. The lowest BCUT2D eigenvalue weighted by atomic mass is 9.88. The number of ether oxygens (including phenoxy) is 2. The molecule has 0 aromatic heterocycles. The van der Waals surface area contributed by atoms with Crippen LogP contribution in [0.15, 0.2) is 29.3 Å². The van der Waals surface area contributed by atoms with Crippen LogP contribution < -0.4 is 10.1 Å². The van der Waals surface area contributed by atoms with Crippen LogP contribution in [0, 0.1) is 5.92 Å². The summed E-state index contributed by atoms with van der Waals surface area (Å²) in [4.78, 5) is 27.6. The molecule has 0 spiro atoms. The molecule has 6 nitrogen and oxygen atoms in total. The van der Waals surface area contributed by atoms with Crippen molar-refractivity contribution in [2.24, 2.45) is 10.9 Å². The van der Waals surface area contributed by atoms with Crippen LogP contribution in [0.3, 0.4) is 0 Å². The Kier molecular flexibility index (Phi) is 4.57. The third kappa shape index (κ3) is 3.21. The molecule has 0 bridgehead atoms. The predicted octanol–water partition coefficient (Wildman–Crippen LogP) is 2.10. The Morgan fingerprint density at radius 3 is 2.57 bits per heavy atom. The highest BCUT2D eigenvalue weighted by atomic mass is 16.5. The average molecular weight is 290 g/mol. The van der Waals surface area contributed by atoms with Crippen molar-refractivity contribution in [3.63, 3.8) is 0 Å². The van der Waals surface area contributed by atoms with Crippen LogP contribution in [0.25, 0.3) is 0 Å². The van der Waals surface area contributed by atoms with Gasteiger partial charge in [-0.05, 0) is 31.5 Å². The van der Waals surface area contributed by atoms with Gasteiger partial charge < -0.3 is 14.8 Å². The van der Waals surface area contributed by atoms with Gasteiger partial charge in [-0.25, -0.2) is 9.79 Å². The fraction of sp³-hybridized carbons (Fsp3) is 0.400. The van der Waals surface area contributed by atoms with Crippen LogP contribution in [0.4, 0.5) is 4.79 Å². The van der Waals surface area contributed by atoms with Gasteiger partial charge in [0.05, 0.1) is 19.8 Å². The topological polar surface area (TPSA) is 77.0 Å². The molecular formula is C15H18N2O4. The Balaban J connectivity index is 2.34. The number of amides is 2. The lowest BCUT2D eigenvalue weighted by molar-refractivity contribution is -0.146. The summed E-state index contributed by atoms with van der Waals surface area (Å²) in [5.41, 5.74) is 1.26. The van der Waals surface area contributed by atoms with E-state index in [4.69, 9.17) is 9.47 Å². The fourth-order valence-electron chi connectivity index (χ4n) is 2.35. The Hall–Kier alpha value is -2.37. The van der Waals surface area contributed by atoms with E-state index < -0.39 is 18.0 Å². The van der Waals surface area contributed by atoms with Crippen molar-refractivity contribution in [1.82, 2.24) is 5.32 Å². The summed E-state index contributed by atoms with van der Waals surface area (Å²) in [7, 11) is 1.58. The minimum absolute atomic E-state index is 0.284. The third-order valence-corrected chi connectivity index (χ3v) is 3.36. The quantitative estimate of drug-likeness (QED) is 0.861. The van der Waals surface area contributed by atoms with E-state index in [1.54, 1.807) is 33.1 Å². The lowest BCUT2D eigenvalue weighted by Crippen LogP contribution is -2.44. The van der Waals surface area contributed by atoms with E-state index in [0.29, 0.717) is 11.5 Å². The number of carbonyl (C=O) groups is 2. The highest BCUT2D eigenvalue weighted by molar-refractivity contribution is 6.08. The van der Waals surface area contributed by atoms with Crippen LogP contribution in [-0.4, -0.2) is 31.4 Å². The number of benzene rings is 1. The van der Waals surface area contributed by atoms with E-state index >= 15 is 0 Å². The van der Waals surface area contributed by atoms with Gasteiger partial charge >= 0.3 is 12.0 Å². The first-order valence-electron chi connectivity index (χ1n) is 6.73. The van der Waals surface area contributed by atoms with E-state index in [1.807, 2.05) is 12.1 Å². The second kappa shape index (κ2) is 6.39. The number of methoxy groups -OCH3 is 1. The second-order valence-electron chi connectivity index (χ2n) is 4.68. The van der Waals surface area contributed by atoms with E-state index in [2.05, 4.69) is 10.3 Å². The van der Waals surface area contributed by atoms with Crippen LogP contribution >= 0.6 is 0 Å². The van der Waals surface area contributed by atoms with Gasteiger partial charge in [0.2, 0.25) is 0 Å². The van der Waals surface area contributed by atoms with Crippen molar-refractivity contribution < 1.29 is 19.1 Å². The van der Waals surface area contributed by atoms with Crippen molar-refractivity contribution in [1.29, 1.82) is 0 Å². The summed E-state index contributed by atoms with van der Waals surface area (Å²) >= 11 is 0. The molecule has 21 heavy (non-hydrogen) atoms. The number of hydrogen-bond donors (Lipinski definition) is 1. The lowest BCUT2D eigenvalue weighted by Gasteiger charge is -2.29. The molecule has 1 aliphatic heterocycles. The number of urea groups is 1. The molecule has 1 aromatic carbocycles. The summed E-state index contributed by atoms with van der Waals surface area (Å²) in [6.07, 6.45) is 0. The molecule has 0 aliphatic carbocycles. The molecule has 2 rings (SSSR count). The van der Waals surface area contributed by atoms with Crippen LogP contribution in [0.5, 0.6) is 5.75 Å². The van der Waals surface area contributed by atoms with Crippen LogP contribution in [0.2, 0.25) is 0 Å². The molecule has 6 heteroatoms. The number of nitrogens with zero attached hydrogens (tertiary/aromatic N) is 1. The van der Waals surface area contributed by atoms with Gasteiger partial charge in [-0.2, -0.15) is 0 Å². The van der Waals surface area contributed by atoms with Crippen molar-refractivity contribution in [2.75, 3.05) is 13.7 Å². The van der Waals surface area contributed by atoms with Crippen LogP contribution in [0.1, 0.15) is 25.5 Å². The van der Waals surface area contributed by atoms with Crippen molar-refractivity contribution in [3.05, 3.63) is 29.8 Å². The van der Waals surface area contributed by atoms with Gasteiger partial charge in [0.1, 0.15) is 11.7 Å². The summed E-state index contributed by atoms with van der Waals surface area (Å²) in [5, 5.41) is 2.72. The normalized spacial score (nSPS) is 21.3. The highest BCUT2D eigenvalue weighted by Crippen LogP contribution is 2.29. The summed E-state index contributed by atoms with van der Waals surface area (Å²) in [5.74, 6) is -0.297. The molecule has 1 aromatic rings. The van der Waals surface area contributed by atoms with Gasteiger partial charge in [0.25, 0.3) is 0 Å². The SMILES string of the molecule is CCOC(=O)C1C(C)=NC(=O)NC1c1ccc(OC)cc1. The van der Waals surface area contributed by atoms with Gasteiger partial charge in [-0.15, -0.1) is 0 Å². The number of hydrogen-bond acceptors (Lipinski definition) is 4. The minimum atomic E-state index is -0.615. The predicted molar refractivity (Wildman–Crippen MR) is 77.5 cm³/mol. The van der Waals surface area contributed by atoms with Crippen molar-refractivity contribution in [3.8, 4) is 5.75 Å². The molecule has 0 saturated heterocycles. The average Bonchev–Trinajstić information content (AvgIpc) is 2.46. The summed E-state index contributed by atoms with van der Waals surface area (Å²) in [6.45, 7) is 3.69. The van der Waals surface area contributed by atoms with Gasteiger partial charge in [0, 0.05) is 5.71 Å². The van der Waals surface area contributed by atoms with E-state index in [-0.39, 0.29) is 12.6 Å². The van der Waals surface area contributed by atoms with Crippen molar-refractivity contribution in [2.45, 2.75) is 19.9 Å². The largest absolute Gasteiger partial charge is 0.497 e. The first-order chi connectivity index (χ1) is 10.1. The molecule has 2 amide bonds. The molecule has 1 aliphatic rings. The zero-order valence-corrected chi connectivity index (χ0v) is 12.3. The first-order valence-corrected chi connectivity index (χ1v) is 6.73. The molecule has 0 fully saturated rings. The molecule has 1 heterocycles. The van der Waals surface area contributed by atoms with E-state index in [1.165, 1.54) is 0 Å². The van der Waals surface area contributed by atoms with E-state index in [9.17, 15) is 9.59 Å². The number of aliphatic imine (C=N–C) groups is 1. The summed E-state index contributed by atoms with van der Waals surface area (Å²) < 4.78 is 10.2. The molecular weight excluding hydrogens is 272 g/mol. The van der Waals surface area contributed by atoms with Crippen molar-refractivity contribution >= 4 is 17.7 Å². The second-order valence-corrected chi connectivity index (χ2v) is 4.68. The number of carbonyl (C=O) groups excluding carboxylic acids is 2. The number of esters is 1. The smallest absolute Gasteiger partial charge is 0.341 e. The maximum atomic E-state index is 12.1. The third-order valence-electron chi connectivity index (χ3n) is 3.36. The molecule has 1 N–H and O–H groups in total. The Bertz CT molecular complexity index is 566. The standard InChI is InChI=1S/C15H18N2O4/c1-4-21-14(18)12-9(2)16-15(19)17-13(12)10-5-7-11(20-3)8-6-10/h5-8,12-13H,4H2,1-3H3,(H,17,19). The Morgan fingerprint density at radius 2 is 2.00 bits per heavy atom. The minimum Gasteiger partial charge on any atom is -0.497 e. The zero-order chi connectivity index (χ0) is 15.4.